The van der Waals surface area contributed by atoms with Gasteiger partial charge in [-0.25, -0.2) is 0 Å². The topological polar surface area (TPSA) is 37.3 Å². The second-order valence-corrected chi connectivity index (χ2v) is 10.3. The molecule has 0 fully saturated rings. The first-order chi connectivity index (χ1) is 15.5. The molecule has 2 atom stereocenters. The van der Waals surface area contributed by atoms with Crippen LogP contribution in [0.1, 0.15) is 135 Å². The lowest BCUT2D eigenvalue weighted by Gasteiger charge is -2.32. The Kier molecular flexibility index (Phi) is 16.3. The van der Waals surface area contributed by atoms with Gasteiger partial charge in [-0.2, -0.15) is 0 Å². The largest absolute Gasteiger partial charge is 0.481 e. The van der Waals surface area contributed by atoms with Crippen LogP contribution in [0, 0.1) is 11.3 Å². The van der Waals surface area contributed by atoms with Gasteiger partial charge in [-0.15, -0.1) is 0 Å². The lowest BCUT2D eigenvalue weighted by molar-refractivity contribution is -0.151. The maximum atomic E-state index is 12.6. The first-order valence-electron chi connectivity index (χ1n) is 13.8. The Hall–Kier alpha value is -1.31. The molecule has 0 heterocycles. The number of unbranched alkanes of at least 4 members (excludes halogenated alkanes) is 10. The molecule has 2 unspecified atom stereocenters. The zero-order valence-corrected chi connectivity index (χ0v) is 21.5. The molecule has 1 aromatic carbocycles. The van der Waals surface area contributed by atoms with Crippen LogP contribution in [0.4, 0.5) is 0 Å². The van der Waals surface area contributed by atoms with Gasteiger partial charge < -0.3 is 5.11 Å². The van der Waals surface area contributed by atoms with Crippen LogP contribution in [0.15, 0.2) is 30.3 Å². The Morgan fingerprint density at radius 2 is 1.31 bits per heavy atom. The van der Waals surface area contributed by atoms with Crippen molar-refractivity contribution in [2.75, 3.05) is 0 Å². The summed E-state index contributed by atoms with van der Waals surface area (Å²) in [7, 11) is 0. The summed E-state index contributed by atoms with van der Waals surface area (Å²) in [4.78, 5) is 12.6. The monoisotopic (exact) mass is 444 g/mol. The zero-order chi connectivity index (χ0) is 23.5. The Balaban J connectivity index is 2.54. The average Bonchev–Trinajstić information content (AvgIpc) is 2.79. The van der Waals surface area contributed by atoms with Crippen molar-refractivity contribution in [3.8, 4) is 0 Å². The molecule has 0 bridgehead atoms. The van der Waals surface area contributed by atoms with Crippen LogP contribution in [0.5, 0.6) is 0 Å². The van der Waals surface area contributed by atoms with Crippen LogP contribution >= 0.6 is 0 Å². The van der Waals surface area contributed by atoms with Gasteiger partial charge in [0.1, 0.15) is 0 Å². The lowest BCUT2D eigenvalue weighted by Crippen LogP contribution is -2.33. The van der Waals surface area contributed by atoms with Crippen molar-refractivity contribution in [3.63, 3.8) is 0 Å². The average molecular weight is 445 g/mol. The molecular weight excluding hydrogens is 392 g/mol. The highest BCUT2D eigenvalue weighted by atomic mass is 16.4. The van der Waals surface area contributed by atoms with E-state index in [4.69, 9.17) is 0 Å². The van der Waals surface area contributed by atoms with Gasteiger partial charge in [0.05, 0.1) is 5.41 Å². The number of carboxylic acid groups (broad SMARTS) is 1. The van der Waals surface area contributed by atoms with Gasteiger partial charge in [-0.3, -0.25) is 4.79 Å². The van der Waals surface area contributed by atoms with E-state index in [9.17, 15) is 9.90 Å². The molecule has 0 aromatic heterocycles. The Morgan fingerprint density at radius 3 is 1.91 bits per heavy atom. The van der Waals surface area contributed by atoms with Gasteiger partial charge in [0.25, 0.3) is 0 Å². The fourth-order valence-electron chi connectivity index (χ4n) is 5.18. The number of carboxylic acids is 1. The lowest BCUT2D eigenvalue weighted by atomic mass is 9.71. The highest BCUT2D eigenvalue weighted by Gasteiger charge is 2.38. The number of rotatable bonds is 21. The number of aliphatic carboxylic acids is 1. The summed E-state index contributed by atoms with van der Waals surface area (Å²) >= 11 is 0. The molecule has 0 amide bonds. The molecule has 0 spiro atoms. The minimum Gasteiger partial charge on any atom is -0.481 e. The van der Waals surface area contributed by atoms with E-state index in [2.05, 4.69) is 51.1 Å². The van der Waals surface area contributed by atoms with Gasteiger partial charge in [0.15, 0.2) is 0 Å². The van der Waals surface area contributed by atoms with Gasteiger partial charge >= 0.3 is 5.97 Å². The van der Waals surface area contributed by atoms with Gasteiger partial charge in [0, 0.05) is 0 Å². The molecule has 1 aromatic rings. The zero-order valence-electron chi connectivity index (χ0n) is 21.5. The third kappa shape index (κ3) is 12.7. The molecule has 2 heteroatoms. The fourth-order valence-corrected chi connectivity index (χ4v) is 5.18. The summed E-state index contributed by atoms with van der Waals surface area (Å²) in [6.07, 6.45) is 20.7. The van der Waals surface area contributed by atoms with Gasteiger partial charge in [-0.05, 0) is 43.6 Å². The van der Waals surface area contributed by atoms with Crippen LogP contribution < -0.4 is 0 Å². The molecule has 0 aliphatic carbocycles. The Labute approximate surface area is 199 Å². The Morgan fingerprint density at radius 1 is 0.781 bits per heavy atom. The van der Waals surface area contributed by atoms with Crippen molar-refractivity contribution in [3.05, 3.63) is 35.9 Å². The molecule has 2 nitrogen and oxygen atoms in total. The number of benzene rings is 1. The van der Waals surface area contributed by atoms with E-state index in [1.807, 2.05) is 0 Å². The smallest absolute Gasteiger partial charge is 0.309 e. The molecule has 0 aliphatic rings. The van der Waals surface area contributed by atoms with E-state index < -0.39 is 11.4 Å². The molecular formula is C30H52O2. The summed E-state index contributed by atoms with van der Waals surface area (Å²) in [6, 6.07) is 10.7. The van der Waals surface area contributed by atoms with Gasteiger partial charge in [-0.1, -0.05) is 135 Å². The van der Waals surface area contributed by atoms with Crippen molar-refractivity contribution in [1.29, 1.82) is 0 Å². The summed E-state index contributed by atoms with van der Waals surface area (Å²) < 4.78 is 0. The second kappa shape index (κ2) is 18.2. The van der Waals surface area contributed by atoms with Crippen LogP contribution in [0.25, 0.3) is 0 Å². The van der Waals surface area contributed by atoms with E-state index in [1.165, 1.54) is 69.8 Å². The minimum absolute atomic E-state index is 0.507. The van der Waals surface area contributed by atoms with E-state index in [-0.39, 0.29) is 0 Å². The van der Waals surface area contributed by atoms with Crippen molar-refractivity contribution < 1.29 is 9.90 Å². The maximum absolute atomic E-state index is 12.6. The van der Waals surface area contributed by atoms with Crippen LogP contribution in [-0.2, 0) is 11.2 Å². The van der Waals surface area contributed by atoms with Crippen LogP contribution in [0.2, 0.25) is 0 Å². The summed E-state index contributed by atoms with van der Waals surface area (Å²) in [6.45, 7) is 6.78. The van der Waals surface area contributed by atoms with E-state index in [0.717, 1.165) is 51.4 Å². The molecule has 1 N–H and O–H groups in total. The highest BCUT2D eigenvalue weighted by Crippen LogP contribution is 2.39. The molecule has 0 saturated carbocycles. The minimum atomic E-state index is -0.535. The summed E-state index contributed by atoms with van der Waals surface area (Å²) in [5, 5.41) is 10.3. The van der Waals surface area contributed by atoms with Crippen molar-refractivity contribution >= 4 is 5.97 Å². The number of hydrogen-bond donors (Lipinski definition) is 1. The molecule has 0 radical (unpaired) electrons. The highest BCUT2D eigenvalue weighted by molar-refractivity contribution is 5.74. The molecule has 184 valence electrons. The Bertz CT molecular complexity index is 567. The third-order valence-electron chi connectivity index (χ3n) is 7.22. The van der Waals surface area contributed by atoms with E-state index >= 15 is 0 Å². The molecule has 32 heavy (non-hydrogen) atoms. The predicted octanol–water partition coefficient (Wildman–Crippen LogP) is 9.61. The SMILES string of the molecule is CCCCCCCCC(C)CC(CCCCCC)(CCCCCc1ccccc1)C(=O)O. The number of carbonyl (C=O) groups is 1. The summed E-state index contributed by atoms with van der Waals surface area (Å²) in [5.74, 6) is -0.0281. The standard InChI is InChI=1S/C30H52O2/c1-4-6-8-10-11-14-20-27(3)26-30(29(31)32,24-18-9-7-5-2)25-19-13-17-23-28-21-15-12-16-22-28/h12,15-16,21-22,27H,4-11,13-14,17-20,23-26H2,1-3H3,(H,31,32). The number of aryl methyl sites for hydroxylation is 1. The molecule has 0 aliphatic heterocycles. The quantitative estimate of drug-likeness (QED) is 0.192. The van der Waals surface area contributed by atoms with Crippen molar-refractivity contribution in [1.82, 2.24) is 0 Å². The van der Waals surface area contributed by atoms with Crippen molar-refractivity contribution in [2.45, 2.75) is 136 Å². The normalized spacial score (nSPS) is 14.2. The first kappa shape index (κ1) is 28.7. The van der Waals surface area contributed by atoms with E-state index in [1.54, 1.807) is 0 Å². The second-order valence-electron chi connectivity index (χ2n) is 10.3. The first-order valence-corrected chi connectivity index (χ1v) is 13.8. The molecule has 1 rings (SSSR count). The van der Waals surface area contributed by atoms with Crippen LogP contribution in [-0.4, -0.2) is 11.1 Å². The third-order valence-corrected chi connectivity index (χ3v) is 7.22. The summed E-state index contributed by atoms with van der Waals surface area (Å²) in [5.41, 5.74) is 0.881. The predicted molar refractivity (Wildman–Crippen MR) is 139 cm³/mol. The maximum Gasteiger partial charge on any atom is 0.309 e. The number of hydrogen-bond acceptors (Lipinski definition) is 1. The van der Waals surface area contributed by atoms with E-state index in [0.29, 0.717) is 5.92 Å². The van der Waals surface area contributed by atoms with Gasteiger partial charge in [0.2, 0.25) is 0 Å². The van der Waals surface area contributed by atoms with Crippen molar-refractivity contribution in [2.24, 2.45) is 11.3 Å². The fraction of sp³-hybridized carbons (Fsp3) is 0.767. The molecule has 0 saturated heterocycles. The van der Waals surface area contributed by atoms with Crippen LogP contribution in [0.3, 0.4) is 0 Å².